The Balaban J connectivity index is 2.16. The second-order valence-electron chi connectivity index (χ2n) is 4.10. The standard InChI is InChI=1S/C16H13NO2/c1-12(16(18)13-7-3-2-4-8-13)19-15-10-6-5-9-14(15)11-17/h2-10,12H,1H3. The first kappa shape index (κ1) is 12.8. The Kier molecular flexibility index (Phi) is 3.94. The molecule has 0 spiro atoms. The molecule has 1 atom stereocenters. The number of carbonyl (C=O) groups excluding carboxylic acids is 1. The van der Waals surface area contributed by atoms with Crippen LogP contribution in [0.1, 0.15) is 22.8 Å². The van der Waals surface area contributed by atoms with Crippen molar-refractivity contribution in [2.75, 3.05) is 0 Å². The Hall–Kier alpha value is -2.60. The molecule has 94 valence electrons. The van der Waals surface area contributed by atoms with Crippen molar-refractivity contribution in [2.45, 2.75) is 13.0 Å². The van der Waals surface area contributed by atoms with E-state index in [0.717, 1.165) is 0 Å². The maximum absolute atomic E-state index is 12.1. The number of ether oxygens (including phenoxy) is 1. The smallest absolute Gasteiger partial charge is 0.202 e. The van der Waals surface area contributed by atoms with E-state index in [2.05, 4.69) is 0 Å². The van der Waals surface area contributed by atoms with Crippen LogP contribution in [-0.4, -0.2) is 11.9 Å². The summed E-state index contributed by atoms with van der Waals surface area (Å²) >= 11 is 0. The van der Waals surface area contributed by atoms with Crippen LogP contribution in [0.4, 0.5) is 0 Å². The zero-order valence-corrected chi connectivity index (χ0v) is 10.5. The van der Waals surface area contributed by atoms with Crippen LogP contribution in [0.5, 0.6) is 5.75 Å². The minimum absolute atomic E-state index is 0.103. The van der Waals surface area contributed by atoms with Gasteiger partial charge in [-0.2, -0.15) is 5.26 Å². The van der Waals surface area contributed by atoms with Crippen LogP contribution >= 0.6 is 0 Å². The summed E-state index contributed by atoms with van der Waals surface area (Å²) in [7, 11) is 0. The minimum atomic E-state index is -0.628. The average molecular weight is 251 g/mol. The van der Waals surface area contributed by atoms with E-state index in [1.165, 1.54) is 0 Å². The number of nitriles is 1. The van der Waals surface area contributed by atoms with Gasteiger partial charge in [-0.05, 0) is 19.1 Å². The van der Waals surface area contributed by atoms with Gasteiger partial charge in [0.25, 0.3) is 0 Å². The van der Waals surface area contributed by atoms with E-state index in [9.17, 15) is 4.79 Å². The van der Waals surface area contributed by atoms with Gasteiger partial charge in [-0.25, -0.2) is 0 Å². The zero-order chi connectivity index (χ0) is 13.7. The van der Waals surface area contributed by atoms with E-state index in [1.807, 2.05) is 24.3 Å². The molecule has 0 N–H and O–H groups in total. The Morgan fingerprint density at radius 1 is 1.11 bits per heavy atom. The molecular formula is C16H13NO2. The van der Waals surface area contributed by atoms with E-state index >= 15 is 0 Å². The van der Waals surface area contributed by atoms with Crippen molar-refractivity contribution in [2.24, 2.45) is 0 Å². The molecule has 0 bridgehead atoms. The number of carbonyl (C=O) groups is 1. The van der Waals surface area contributed by atoms with Gasteiger partial charge in [-0.3, -0.25) is 4.79 Å². The highest BCUT2D eigenvalue weighted by molar-refractivity contribution is 5.99. The number of Topliss-reactive ketones (excluding diaryl/α,β-unsaturated/α-hetero) is 1. The molecule has 0 radical (unpaired) electrons. The van der Waals surface area contributed by atoms with E-state index < -0.39 is 6.10 Å². The van der Waals surface area contributed by atoms with Crippen LogP contribution in [-0.2, 0) is 0 Å². The molecule has 3 heteroatoms. The van der Waals surface area contributed by atoms with Gasteiger partial charge in [0, 0.05) is 5.56 Å². The van der Waals surface area contributed by atoms with Crippen LogP contribution in [0.3, 0.4) is 0 Å². The van der Waals surface area contributed by atoms with Gasteiger partial charge >= 0.3 is 0 Å². The predicted molar refractivity (Wildman–Crippen MR) is 72.0 cm³/mol. The molecule has 19 heavy (non-hydrogen) atoms. The first-order chi connectivity index (χ1) is 9.22. The fraction of sp³-hybridized carbons (Fsp3) is 0.125. The van der Waals surface area contributed by atoms with Crippen LogP contribution in [0.25, 0.3) is 0 Å². The minimum Gasteiger partial charge on any atom is -0.481 e. The number of benzene rings is 2. The van der Waals surface area contributed by atoms with Crippen molar-refractivity contribution in [3.05, 3.63) is 65.7 Å². The summed E-state index contributed by atoms with van der Waals surface area (Å²) in [6.45, 7) is 1.68. The molecule has 0 fully saturated rings. The molecule has 0 aliphatic rings. The van der Waals surface area contributed by atoms with Crippen molar-refractivity contribution < 1.29 is 9.53 Å². The molecule has 3 nitrogen and oxygen atoms in total. The van der Waals surface area contributed by atoms with Gasteiger partial charge in [0.05, 0.1) is 5.56 Å². The highest BCUT2D eigenvalue weighted by atomic mass is 16.5. The molecule has 2 aromatic carbocycles. The van der Waals surface area contributed by atoms with Gasteiger partial charge in [0.2, 0.25) is 5.78 Å². The quantitative estimate of drug-likeness (QED) is 0.784. The third-order valence-electron chi connectivity index (χ3n) is 2.74. The van der Waals surface area contributed by atoms with Crippen molar-refractivity contribution in [3.8, 4) is 11.8 Å². The number of hydrogen-bond acceptors (Lipinski definition) is 3. The monoisotopic (exact) mass is 251 g/mol. The van der Waals surface area contributed by atoms with Crippen molar-refractivity contribution >= 4 is 5.78 Å². The predicted octanol–water partition coefficient (Wildman–Crippen LogP) is 3.21. The molecule has 0 saturated carbocycles. The summed E-state index contributed by atoms with van der Waals surface area (Å²) in [6.07, 6.45) is -0.628. The highest BCUT2D eigenvalue weighted by Gasteiger charge is 2.17. The van der Waals surface area contributed by atoms with Crippen molar-refractivity contribution in [3.63, 3.8) is 0 Å². The highest BCUT2D eigenvalue weighted by Crippen LogP contribution is 2.19. The summed E-state index contributed by atoms with van der Waals surface area (Å²) in [4.78, 5) is 12.1. The van der Waals surface area contributed by atoms with Gasteiger partial charge in [-0.15, -0.1) is 0 Å². The average Bonchev–Trinajstić information content (AvgIpc) is 2.48. The molecule has 1 unspecified atom stereocenters. The topological polar surface area (TPSA) is 50.1 Å². The maximum Gasteiger partial charge on any atom is 0.202 e. The van der Waals surface area contributed by atoms with E-state index in [4.69, 9.17) is 10.00 Å². The number of ketones is 1. The Labute approximate surface area is 112 Å². The first-order valence-corrected chi connectivity index (χ1v) is 5.97. The number of para-hydroxylation sites is 1. The summed E-state index contributed by atoms with van der Waals surface area (Å²) in [5.41, 5.74) is 1.03. The number of hydrogen-bond donors (Lipinski definition) is 0. The van der Waals surface area contributed by atoms with E-state index in [1.54, 1.807) is 43.3 Å². The molecule has 0 aliphatic carbocycles. The van der Waals surface area contributed by atoms with Crippen LogP contribution in [0, 0.1) is 11.3 Å². The summed E-state index contributed by atoms with van der Waals surface area (Å²) in [5, 5.41) is 8.97. The largest absolute Gasteiger partial charge is 0.481 e. The first-order valence-electron chi connectivity index (χ1n) is 5.97. The second kappa shape index (κ2) is 5.83. The van der Waals surface area contributed by atoms with Crippen LogP contribution in [0.2, 0.25) is 0 Å². The third-order valence-corrected chi connectivity index (χ3v) is 2.74. The van der Waals surface area contributed by atoms with E-state index in [-0.39, 0.29) is 5.78 Å². The molecule has 0 amide bonds. The molecule has 2 rings (SSSR count). The lowest BCUT2D eigenvalue weighted by Gasteiger charge is -2.14. The Morgan fingerprint density at radius 3 is 2.42 bits per heavy atom. The molecular weight excluding hydrogens is 238 g/mol. The lowest BCUT2D eigenvalue weighted by molar-refractivity contribution is 0.0818. The Morgan fingerprint density at radius 2 is 1.74 bits per heavy atom. The van der Waals surface area contributed by atoms with Crippen LogP contribution in [0.15, 0.2) is 54.6 Å². The van der Waals surface area contributed by atoms with Crippen molar-refractivity contribution in [1.29, 1.82) is 5.26 Å². The summed E-state index contributed by atoms with van der Waals surface area (Å²) < 4.78 is 5.58. The number of rotatable bonds is 4. The van der Waals surface area contributed by atoms with Gasteiger partial charge in [0.1, 0.15) is 11.8 Å². The normalized spacial score (nSPS) is 11.4. The Bertz CT molecular complexity index is 614. The van der Waals surface area contributed by atoms with Crippen molar-refractivity contribution in [1.82, 2.24) is 0 Å². The van der Waals surface area contributed by atoms with Gasteiger partial charge in [-0.1, -0.05) is 42.5 Å². The third kappa shape index (κ3) is 2.99. The number of nitrogens with zero attached hydrogens (tertiary/aromatic N) is 1. The molecule has 2 aromatic rings. The second-order valence-corrected chi connectivity index (χ2v) is 4.10. The summed E-state index contributed by atoms with van der Waals surface area (Å²) in [5.74, 6) is 0.329. The summed E-state index contributed by atoms with van der Waals surface area (Å²) in [6, 6.07) is 17.9. The lowest BCUT2D eigenvalue weighted by Crippen LogP contribution is -2.24. The van der Waals surface area contributed by atoms with Crippen LogP contribution < -0.4 is 4.74 Å². The fourth-order valence-corrected chi connectivity index (χ4v) is 1.74. The molecule has 0 saturated heterocycles. The molecule has 0 heterocycles. The molecule has 0 aromatic heterocycles. The SMILES string of the molecule is CC(Oc1ccccc1C#N)C(=O)c1ccccc1. The van der Waals surface area contributed by atoms with Gasteiger partial charge < -0.3 is 4.74 Å². The molecule has 0 aliphatic heterocycles. The maximum atomic E-state index is 12.1. The fourth-order valence-electron chi connectivity index (χ4n) is 1.74. The van der Waals surface area contributed by atoms with E-state index in [0.29, 0.717) is 16.9 Å². The van der Waals surface area contributed by atoms with Gasteiger partial charge in [0.15, 0.2) is 6.10 Å². The lowest BCUT2D eigenvalue weighted by atomic mass is 10.1. The zero-order valence-electron chi connectivity index (χ0n) is 10.5.